The number of likely N-dealkylation sites (N-methyl/N-ethyl adjacent to an activating group) is 1. The molecule has 0 saturated heterocycles. The molecule has 1 aromatic rings. The third kappa shape index (κ3) is 4.88. The molecule has 1 rings (SSSR count). The third-order valence-electron chi connectivity index (χ3n) is 3.05. The van der Waals surface area contributed by atoms with E-state index in [1.54, 1.807) is 0 Å². The van der Waals surface area contributed by atoms with E-state index in [2.05, 4.69) is 24.5 Å². The SMILES string of the molecule is CCCN(CCN(C)C)C(=O)c1cc(S)ccc1C. The molecule has 0 fully saturated rings. The number of thiol groups is 1. The Bertz CT molecular complexity index is 432. The summed E-state index contributed by atoms with van der Waals surface area (Å²) in [6.45, 7) is 6.50. The molecule has 0 radical (unpaired) electrons. The third-order valence-corrected chi connectivity index (χ3v) is 3.33. The lowest BCUT2D eigenvalue weighted by Crippen LogP contribution is -2.37. The summed E-state index contributed by atoms with van der Waals surface area (Å²) in [6, 6.07) is 5.73. The topological polar surface area (TPSA) is 23.6 Å². The van der Waals surface area contributed by atoms with Crippen LogP contribution in [0.25, 0.3) is 0 Å². The van der Waals surface area contributed by atoms with E-state index in [4.69, 9.17) is 0 Å². The minimum Gasteiger partial charge on any atom is -0.337 e. The Labute approximate surface area is 122 Å². The van der Waals surface area contributed by atoms with Crippen molar-refractivity contribution in [2.24, 2.45) is 0 Å². The summed E-state index contributed by atoms with van der Waals surface area (Å²) < 4.78 is 0. The molecule has 0 aliphatic rings. The monoisotopic (exact) mass is 280 g/mol. The number of carbonyl (C=O) groups excluding carboxylic acids is 1. The molecule has 0 saturated carbocycles. The predicted molar refractivity (Wildman–Crippen MR) is 83.2 cm³/mol. The van der Waals surface area contributed by atoms with Crippen LogP contribution < -0.4 is 0 Å². The van der Waals surface area contributed by atoms with Crippen LogP contribution in [0.2, 0.25) is 0 Å². The van der Waals surface area contributed by atoms with E-state index in [9.17, 15) is 4.79 Å². The molecule has 0 aliphatic carbocycles. The first kappa shape index (κ1) is 16.1. The molecule has 0 bridgehead atoms. The smallest absolute Gasteiger partial charge is 0.254 e. The first-order valence-corrected chi connectivity index (χ1v) is 7.14. The fourth-order valence-electron chi connectivity index (χ4n) is 1.92. The van der Waals surface area contributed by atoms with Gasteiger partial charge in [-0.2, -0.15) is 0 Å². The van der Waals surface area contributed by atoms with Gasteiger partial charge in [-0.3, -0.25) is 4.79 Å². The first-order chi connectivity index (χ1) is 8.95. The Balaban J connectivity index is 2.88. The van der Waals surface area contributed by atoms with Crippen LogP contribution in [0.15, 0.2) is 23.1 Å². The Morgan fingerprint density at radius 3 is 2.47 bits per heavy atom. The van der Waals surface area contributed by atoms with E-state index in [0.29, 0.717) is 0 Å². The van der Waals surface area contributed by atoms with Crippen molar-refractivity contribution in [3.05, 3.63) is 29.3 Å². The maximum atomic E-state index is 12.6. The number of aryl methyl sites for hydroxylation is 1. The van der Waals surface area contributed by atoms with Gasteiger partial charge >= 0.3 is 0 Å². The van der Waals surface area contributed by atoms with Gasteiger partial charge < -0.3 is 9.80 Å². The van der Waals surface area contributed by atoms with Crippen molar-refractivity contribution >= 4 is 18.5 Å². The number of hydrogen-bond donors (Lipinski definition) is 1. The van der Waals surface area contributed by atoms with Crippen LogP contribution in [-0.2, 0) is 0 Å². The maximum absolute atomic E-state index is 12.6. The maximum Gasteiger partial charge on any atom is 0.254 e. The normalized spacial score (nSPS) is 10.8. The number of rotatable bonds is 6. The summed E-state index contributed by atoms with van der Waals surface area (Å²) in [5, 5.41) is 0. The Hall–Kier alpha value is -1.00. The minimum atomic E-state index is 0.108. The summed E-state index contributed by atoms with van der Waals surface area (Å²) in [6.07, 6.45) is 0.971. The number of amides is 1. The summed E-state index contributed by atoms with van der Waals surface area (Å²) in [5.41, 5.74) is 1.77. The molecule has 4 heteroatoms. The molecule has 0 heterocycles. The standard InChI is InChI=1S/C15H24N2OS/c1-5-8-17(10-9-16(3)4)15(18)14-11-13(19)7-6-12(14)2/h6-7,11,19H,5,8-10H2,1-4H3. The van der Waals surface area contributed by atoms with Gasteiger partial charge in [0.2, 0.25) is 0 Å². The highest BCUT2D eigenvalue weighted by Gasteiger charge is 2.17. The molecular weight excluding hydrogens is 256 g/mol. The second kappa shape index (κ2) is 7.56. The van der Waals surface area contributed by atoms with Crippen LogP contribution in [-0.4, -0.2) is 49.4 Å². The van der Waals surface area contributed by atoms with Crippen molar-refractivity contribution in [2.45, 2.75) is 25.2 Å². The lowest BCUT2D eigenvalue weighted by atomic mass is 10.1. The van der Waals surface area contributed by atoms with Gasteiger partial charge in [0.15, 0.2) is 0 Å². The van der Waals surface area contributed by atoms with Gasteiger partial charge in [-0.05, 0) is 45.1 Å². The molecule has 1 aromatic carbocycles. The van der Waals surface area contributed by atoms with E-state index in [1.807, 2.05) is 44.1 Å². The number of benzene rings is 1. The molecule has 0 aliphatic heterocycles. The van der Waals surface area contributed by atoms with Crippen molar-refractivity contribution in [3.63, 3.8) is 0 Å². The molecule has 106 valence electrons. The molecule has 0 spiro atoms. The van der Waals surface area contributed by atoms with Gasteiger partial charge in [0.1, 0.15) is 0 Å². The van der Waals surface area contributed by atoms with Crippen molar-refractivity contribution in [2.75, 3.05) is 33.7 Å². The Kier molecular flexibility index (Phi) is 6.38. The van der Waals surface area contributed by atoms with Gasteiger partial charge in [-0.15, -0.1) is 12.6 Å². The molecule has 0 N–H and O–H groups in total. The lowest BCUT2D eigenvalue weighted by Gasteiger charge is -2.24. The number of nitrogens with zero attached hydrogens (tertiary/aromatic N) is 2. The quantitative estimate of drug-likeness (QED) is 0.810. The molecule has 19 heavy (non-hydrogen) atoms. The van der Waals surface area contributed by atoms with Crippen molar-refractivity contribution in [1.29, 1.82) is 0 Å². The zero-order valence-electron chi connectivity index (χ0n) is 12.3. The van der Waals surface area contributed by atoms with Gasteiger partial charge in [0.05, 0.1) is 0 Å². The second-order valence-corrected chi connectivity index (χ2v) is 5.61. The zero-order chi connectivity index (χ0) is 14.4. The van der Waals surface area contributed by atoms with Crippen LogP contribution in [0.1, 0.15) is 29.3 Å². The zero-order valence-corrected chi connectivity index (χ0v) is 13.2. The molecule has 1 amide bonds. The van der Waals surface area contributed by atoms with Crippen molar-refractivity contribution < 1.29 is 4.79 Å². The highest BCUT2D eigenvalue weighted by Crippen LogP contribution is 2.16. The van der Waals surface area contributed by atoms with E-state index >= 15 is 0 Å². The molecule has 0 aromatic heterocycles. The molecule has 0 unspecified atom stereocenters. The van der Waals surface area contributed by atoms with E-state index in [-0.39, 0.29) is 5.91 Å². The number of carbonyl (C=O) groups is 1. The van der Waals surface area contributed by atoms with Crippen molar-refractivity contribution in [3.8, 4) is 0 Å². The fraction of sp³-hybridized carbons (Fsp3) is 0.533. The van der Waals surface area contributed by atoms with Crippen LogP contribution in [0.4, 0.5) is 0 Å². The summed E-state index contributed by atoms with van der Waals surface area (Å²) >= 11 is 4.32. The highest BCUT2D eigenvalue weighted by molar-refractivity contribution is 7.80. The Morgan fingerprint density at radius 1 is 1.21 bits per heavy atom. The number of hydrogen-bond acceptors (Lipinski definition) is 3. The van der Waals surface area contributed by atoms with Gasteiger partial charge in [0.25, 0.3) is 5.91 Å². The van der Waals surface area contributed by atoms with Crippen LogP contribution in [0.3, 0.4) is 0 Å². The minimum absolute atomic E-state index is 0.108. The first-order valence-electron chi connectivity index (χ1n) is 6.69. The van der Waals surface area contributed by atoms with E-state index < -0.39 is 0 Å². The molecule has 3 nitrogen and oxygen atoms in total. The predicted octanol–water partition coefficient (Wildman–Crippen LogP) is 2.70. The summed E-state index contributed by atoms with van der Waals surface area (Å²) in [7, 11) is 4.04. The lowest BCUT2D eigenvalue weighted by molar-refractivity contribution is 0.0744. The van der Waals surface area contributed by atoms with E-state index in [1.165, 1.54) is 0 Å². The van der Waals surface area contributed by atoms with Crippen LogP contribution in [0, 0.1) is 6.92 Å². The average Bonchev–Trinajstić information content (AvgIpc) is 2.36. The second-order valence-electron chi connectivity index (χ2n) is 5.09. The van der Waals surface area contributed by atoms with Gasteiger partial charge in [-0.1, -0.05) is 13.0 Å². The molecule has 0 atom stereocenters. The van der Waals surface area contributed by atoms with E-state index in [0.717, 1.165) is 42.1 Å². The molecular formula is C15H24N2OS. The summed E-state index contributed by atoms with van der Waals surface area (Å²) in [4.78, 5) is 17.4. The highest BCUT2D eigenvalue weighted by atomic mass is 32.1. The van der Waals surface area contributed by atoms with Gasteiger partial charge in [-0.25, -0.2) is 0 Å². The van der Waals surface area contributed by atoms with Gasteiger partial charge in [0, 0.05) is 30.1 Å². The van der Waals surface area contributed by atoms with Crippen LogP contribution in [0.5, 0.6) is 0 Å². The largest absolute Gasteiger partial charge is 0.337 e. The Morgan fingerprint density at radius 2 is 1.89 bits per heavy atom. The fourth-order valence-corrected chi connectivity index (χ4v) is 2.12. The van der Waals surface area contributed by atoms with Crippen LogP contribution >= 0.6 is 12.6 Å². The van der Waals surface area contributed by atoms with Crippen molar-refractivity contribution in [1.82, 2.24) is 9.80 Å². The summed E-state index contributed by atoms with van der Waals surface area (Å²) in [5.74, 6) is 0.108. The average molecular weight is 280 g/mol.